The second-order valence-electron chi connectivity index (χ2n) is 3.07. The van der Waals surface area contributed by atoms with Gasteiger partial charge in [0.15, 0.2) is 0 Å². The fourth-order valence-corrected chi connectivity index (χ4v) is 1.76. The van der Waals surface area contributed by atoms with Gasteiger partial charge >= 0.3 is 0 Å². The van der Waals surface area contributed by atoms with Crippen molar-refractivity contribution in [3.63, 3.8) is 0 Å². The number of alkyl halides is 1. The van der Waals surface area contributed by atoms with Gasteiger partial charge in [-0.3, -0.25) is 0 Å². The predicted molar refractivity (Wildman–Crippen MR) is 59.6 cm³/mol. The zero-order valence-corrected chi connectivity index (χ0v) is 9.73. The van der Waals surface area contributed by atoms with Crippen LogP contribution >= 0.6 is 15.9 Å². The molecule has 0 atom stereocenters. The van der Waals surface area contributed by atoms with Gasteiger partial charge in [-0.25, -0.2) is 0 Å². The molecule has 0 fully saturated rings. The van der Waals surface area contributed by atoms with E-state index in [9.17, 15) is 0 Å². The van der Waals surface area contributed by atoms with Crippen LogP contribution in [0.25, 0.3) is 0 Å². The highest BCUT2D eigenvalue weighted by Gasteiger charge is 1.98. The van der Waals surface area contributed by atoms with Crippen molar-refractivity contribution in [2.24, 2.45) is 0 Å². The van der Waals surface area contributed by atoms with Crippen molar-refractivity contribution in [1.82, 2.24) is 0 Å². The molecule has 0 aliphatic carbocycles. The third-order valence-electron chi connectivity index (χ3n) is 1.93. The van der Waals surface area contributed by atoms with Crippen LogP contribution in [0.5, 0.6) is 5.75 Å². The van der Waals surface area contributed by atoms with Crippen molar-refractivity contribution in [1.29, 1.82) is 0 Å². The molecule has 2 heteroatoms. The molecule has 0 aliphatic heterocycles. The van der Waals surface area contributed by atoms with Crippen LogP contribution in [0.15, 0.2) is 18.2 Å². The number of halogens is 1. The Kier molecular flexibility index (Phi) is 4.29. The molecule has 0 amide bonds. The topological polar surface area (TPSA) is 9.23 Å². The zero-order chi connectivity index (χ0) is 9.68. The van der Waals surface area contributed by atoms with Crippen LogP contribution in [0.3, 0.4) is 0 Å². The van der Waals surface area contributed by atoms with Gasteiger partial charge in [0.1, 0.15) is 5.75 Å². The first-order valence-electron chi connectivity index (χ1n) is 4.56. The van der Waals surface area contributed by atoms with E-state index in [1.54, 1.807) is 0 Å². The van der Waals surface area contributed by atoms with Crippen molar-refractivity contribution >= 4 is 15.9 Å². The number of ether oxygens (including phenoxy) is 1. The summed E-state index contributed by atoms with van der Waals surface area (Å²) in [5, 5.41) is 0.910. The maximum Gasteiger partial charge on any atom is 0.119 e. The van der Waals surface area contributed by atoms with Crippen LogP contribution in [-0.4, -0.2) is 6.61 Å². The van der Waals surface area contributed by atoms with Crippen LogP contribution in [0.4, 0.5) is 0 Å². The first kappa shape index (κ1) is 10.6. The Balaban J connectivity index is 2.71. The first-order chi connectivity index (χ1) is 6.27. The minimum atomic E-state index is 0.799. The SMILES string of the molecule is CCCOc1ccc(CBr)c(C)c1. The molecular formula is C11H15BrO. The fourth-order valence-electron chi connectivity index (χ4n) is 1.13. The van der Waals surface area contributed by atoms with Crippen LogP contribution < -0.4 is 4.74 Å². The van der Waals surface area contributed by atoms with E-state index in [0.29, 0.717) is 0 Å². The predicted octanol–water partition coefficient (Wildman–Crippen LogP) is 3.68. The monoisotopic (exact) mass is 242 g/mol. The smallest absolute Gasteiger partial charge is 0.119 e. The van der Waals surface area contributed by atoms with E-state index >= 15 is 0 Å². The summed E-state index contributed by atoms with van der Waals surface area (Å²) >= 11 is 3.44. The molecule has 0 aliphatic rings. The van der Waals surface area contributed by atoms with Crippen molar-refractivity contribution in [3.8, 4) is 5.75 Å². The van der Waals surface area contributed by atoms with E-state index in [1.807, 2.05) is 6.07 Å². The minimum absolute atomic E-state index is 0.799. The minimum Gasteiger partial charge on any atom is -0.494 e. The van der Waals surface area contributed by atoms with Gasteiger partial charge in [-0.15, -0.1) is 0 Å². The number of aryl methyl sites for hydroxylation is 1. The summed E-state index contributed by atoms with van der Waals surface area (Å²) in [6, 6.07) is 6.22. The van der Waals surface area contributed by atoms with E-state index in [1.165, 1.54) is 11.1 Å². The lowest BCUT2D eigenvalue weighted by atomic mass is 10.1. The number of hydrogen-bond donors (Lipinski definition) is 0. The molecule has 13 heavy (non-hydrogen) atoms. The highest BCUT2D eigenvalue weighted by Crippen LogP contribution is 2.19. The van der Waals surface area contributed by atoms with Crippen molar-refractivity contribution in [2.45, 2.75) is 25.6 Å². The Morgan fingerprint density at radius 1 is 1.38 bits per heavy atom. The standard InChI is InChI=1S/C11H15BrO/c1-3-6-13-11-5-4-10(8-12)9(2)7-11/h4-5,7H,3,6,8H2,1-2H3. The largest absolute Gasteiger partial charge is 0.494 e. The molecule has 72 valence electrons. The van der Waals surface area contributed by atoms with Gasteiger partial charge in [0.25, 0.3) is 0 Å². The van der Waals surface area contributed by atoms with Gasteiger partial charge in [0.2, 0.25) is 0 Å². The Hall–Kier alpha value is -0.500. The number of benzene rings is 1. The molecule has 0 spiro atoms. The zero-order valence-electron chi connectivity index (χ0n) is 8.14. The lowest BCUT2D eigenvalue weighted by Gasteiger charge is -2.07. The molecular weight excluding hydrogens is 228 g/mol. The molecule has 0 saturated heterocycles. The molecule has 1 aromatic carbocycles. The summed E-state index contributed by atoms with van der Waals surface area (Å²) in [5.41, 5.74) is 2.61. The number of rotatable bonds is 4. The van der Waals surface area contributed by atoms with Gasteiger partial charge in [0, 0.05) is 5.33 Å². The highest BCUT2D eigenvalue weighted by atomic mass is 79.9. The second kappa shape index (κ2) is 5.28. The molecule has 1 rings (SSSR count). The van der Waals surface area contributed by atoms with Crippen molar-refractivity contribution in [3.05, 3.63) is 29.3 Å². The van der Waals surface area contributed by atoms with Crippen molar-refractivity contribution < 1.29 is 4.74 Å². The summed E-state index contributed by atoms with van der Waals surface area (Å²) in [6.45, 7) is 5.02. The van der Waals surface area contributed by atoms with E-state index in [4.69, 9.17) is 4.74 Å². The quantitative estimate of drug-likeness (QED) is 0.733. The van der Waals surface area contributed by atoms with E-state index < -0.39 is 0 Å². The van der Waals surface area contributed by atoms with E-state index in [2.05, 4.69) is 41.9 Å². The van der Waals surface area contributed by atoms with E-state index in [-0.39, 0.29) is 0 Å². The van der Waals surface area contributed by atoms with Gasteiger partial charge in [-0.1, -0.05) is 28.9 Å². The first-order valence-corrected chi connectivity index (χ1v) is 5.68. The molecule has 0 aromatic heterocycles. The third-order valence-corrected chi connectivity index (χ3v) is 2.53. The second-order valence-corrected chi connectivity index (χ2v) is 3.63. The summed E-state index contributed by atoms with van der Waals surface area (Å²) < 4.78 is 5.52. The Bertz CT molecular complexity index is 271. The number of hydrogen-bond acceptors (Lipinski definition) is 1. The van der Waals surface area contributed by atoms with Gasteiger partial charge < -0.3 is 4.74 Å². The summed E-state index contributed by atoms with van der Waals surface area (Å²) in [4.78, 5) is 0. The Labute approximate surface area is 88.2 Å². The maximum atomic E-state index is 5.52. The lowest BCUT2D eigenvalue weighted by Crippen LogP contribution is -1.95. The molecule has 0 unspecified atom stereocenters. The van der Waals surface area contributed by atoms with Crippen LogP contribution in [0.2, 0.25) is 0 Å². The fraction of sp³-hybridized carbons (Fsp3) is 0.455. The van der Waals surface area contributed by atoms with Crippen molar-refractivity contribution in [2.75, 3.05) is 6.61 Å². The third kappa shape index (κ3) is 3.03. The maximum absolute atomic E-state index is 5.52. The van der Waals surface area contributed by atoms with E-state index in [0.717, 1.165) is 24.1 Å². The molecule has 0 saturated carbocycles. The molecule has 0 bridgehead atoms. The van der Waals surface area contributed by atoms with Crippen LogP contribution in [-0.2, 0) is 5.33 Å². The average Bonchev–Trinajstić information content (AvgIpc) is 2.15. The summed E-state index contributed by atoms with van der Waals surface area (Å²) in [5.74, 6) is 0.976. The highest BCUT2D eigenvalue weighted by molar-refractivity contribution is 9.08. The molecule has 0 N–H and O–H groups in total. The average molecular weight is 243 g/mol. The molecule has 1 aromatic rings. The Morgan fingerprint density at radius 2 is 2.15 bits per heavy atom. The Morgan fingerprint density at radius 3 is 2.69 bits per heavy atom. The summed E-state index contributed by atoms with van der Waals surface area (Å²) in [7, 11) is 0. The normalized spacial score (nSPS) is 10.1. The molecule has 1 nitrogen and oxygen atoms in total. The lowest BCUT2D eigenvalue weighted by molar-refractivity contribution is 0.317. The van der Waals surface area contributed by atoms with Gasteiger partial charge in [-0.2, -0.15) is 0 Å². The molecule has 0 radical (unpaired) electrons. The summed E-state index contributed by atoms with van der Waals surface area (Å²) in [6.07, 6.45) is 1.05. The van der Waals surface area contributed by atoms with Crippen LogP contribution in [0, 0.1) is 6.92 Å². The molecule has 0 heterocycles. The van der Waals surface area contributed by atoms with Gasteiger partial charge in [0.05, 0.1) is 6.61 Å². The van der Waals surface area contributed by atoms with Gasteiger partial charge in [-0.05, 0) is 36.6 Å². The van der Waals surface area contributed by atoms with Crippen LogP contribution in [0.1, 0.15) is 24.5 Å².